The van der Waals surface area contributed by atoms with Crippen LogP contribution in [0.3, 0.4) is 0 Å². The molecule has 0 heterocycles. The van der Waals surface area contributed by atoms with E-state index in [1.807, 2.05) is 6.92 Å². The fourth-order valence-electron chi connectivity index (χ4n) is 1.99. The van der Waals surface area contributed by atoms with E-state index in [9.17, 15) is 13.2 Å². The number of hydrogen-bond acceptors (Lipinski definition) is 4. The first-order valence-electron chi connectivity index (χ1n) is 6.39. The number of aryl methyl sites for hydroxylation is 1. The quantitative estimate of drug-likeness (QED) is 0.815. The minimum Gasteiger partial charge on any atom is -0.465 e. The molecule has 2 aromatic rings. The molecule has 0 saturated heterocycles. The summed E-state index contributed by atoms with van der Waals surface area (Å²) in [4.78, 5) is 11.9. The Morgan fingerprint density at radius 3 is 2.29 bits per heavy atom. The Labute approximate surface area is 124 Å². The van der Waals surface area contributed by atoms with Crippen molar-refractivity contribution >= 4 is 15.8 Å². The Balaban J connectivity index is 2.37. The van der Waals surface area contributed by atoms with Crippen LogP contribution in [0.15, 0.2) is 53.4 Å². The van der Waals surface area contributed by atoms with Gasteiger partial charge in [0.05, 0.1) is 23.3 Å². The molecule has 5 heteroatoms. The van der Waals surface area contributed by atoms with Crippen molar-refractivity contribution in [1.82, 2.24) is 0 Å². The van der Waals surface area contributed by atoms with Gasteiger partial charge in [-0.2, -0.15) is 0 Å². The number of ether oxygens (including phenoxy) is 1. The smallest absolute Gasteiger partial charge is 0.338 e. The summed E-state index contributed by atoms with van der Waals surface area (Å²) in [7, 11) is -2.23. The summed E-state index contributed by atoms with van der Waals surface area (Å²) in [6, 6.07) is 13.2. The lowest BCUT2D eigenvalue weighted by Crippen LogP contribution is -2.11. The molecule has 0 atom stereocenters. The van der Waals surface area contributed by atoms with Gasteiger partial charge in [-0.25, -0.2) is 13.2 Å². The molecule has 2 aromatic carbocycles. The topological polar surface area (TPSA) is 60.4 Å². The zero-order valence-electron chi connectivity index (χ0n) is 11.9. The van der Waals surface area contributed by atoms with E-state index >= 15 is 0 Å². The standard InChI is InChI=1S/C16H16O4S/c1-12-7-9-14(10-8-12)21(18,19)11-13-5-3-4-6-15(13)16(17)20-2/h3-10H,11H2,1-2H3. The number of methoxy groups -OCH3 is 1. The monoisotopic (exact) mass is 304 g/mol. The van der Waals surface area contributed by atoms with Gasteiger partial charge in [-0.3, -0.25) is 0 Å². The molecular formula is C16H16O4S. The first kappa shape index (κ1) is 15.3. The first-order valence-corrected chi connectivity index (χ1v) is 8.05. The minimum absolute atomic E-state index is 0.235. The van der Waals surface area contributed by atoms with Gasteiger partial charge in [-0.15, -0.1) is 0 Å². The van der Waals surface area contributed by atoms with Crippen molar-refractivity contribution in [2.24, 2.45) is 0 Å². The van der Waals surface area contributed by atoms with Crippen molar-refractivity contribution in [3.05, 3.63) is 65.2 Å². The third-order valence-electron chi connectivity index (χ3n) is 3.15. The van der Waals surface area contributed by atoms with Gasteiger partial charge in [0.2, 0.25) is 0 Å². The summed E-state index contributed by atoms with van der Waals surface area (Å²) in [5.41, 5.74) is 1.70. The van der Waals surface area contributed by atoms with Crippen LogP contribution in [0.4, 0.5) is 0 Å². The van der Waals surface area contributed by atoms with E-state index in [4.69, 9.17) is 0 Å². The van der Waals surface area contributed by atoms with Crippen molar-refractivity contribution in [1.29, 1.82) is 0 Å². The summed E-state index contributed by atoms with van der Waals surface area (Å²) < 4.78 is 29.5. The number of esters is 1. The van der Waals surface area contributed by atoms with Crippen LogP contribution in [-0.4, -0.2) is 21.5 Å². The highest BCUT2D eigenvalue weighted by atomic mass is 32.2. The summed E-state index contributed by atoms with van der Waals surface area (Å²) in [6.45, 7) is 1.89. The molecule has 0 saturated carbocycles. The zero-order valence-corrected chi connectivity index (χ0v) is 12.7. The molecule has 0 spiro atoms. The lowest BCUT2D eigenvalue weighted by molar-refractivity contribution is 0.0600. The molecule has 0 fully saturated rings. The Hall–Kier alpha value is -2.14. The molecule has 4 nitrogen and oxygen atoms in total. The number of benzene rings is 2. The number of hydrogen-bond donors (Lipinski definition) is 0. The second-order valence-electron chi connectivity index (χ2n) is 4.72. The van der Waals surface area contributed by atoms with Crippen LogP contribution >= 0.6 is 0 Å². The Bertz CT molecular complexity index is 746. The van der Waals surface area contributed by atoms with E-state index in [2.05, 4.69) is 4.74 Å². The number of rotatable bonds is 4. The Kier molecular flexibility index (Phi) is 4.43. The number of sulfone groups is 1. The van der Waals surface area contributed by atoms with Crippen LogP contribution in [0.25, 0.3) is 0 Å². The molecular weight excluding hydrogens is 288 g/mol. The highest BCUT2D eigenvalue weighted by molar-refractivity contribution is 7.90. The fraction of sp³-hybridized carbons (Fsp3) is 0.188. The Morgan fingerprint density at radius 2 is 1.67 bits per heavy atom. The highest BCUT2D eigenvalue weighted by Crippen LogP contribution is 2.20. The van der Waals surface area contributed by atoms with Gasteiger partial charge in [0, 0.05) is 0 Å². The lowest BCUT2D eigenvalue weighted by Gasteiger charge is -2.09. The molecule has 21 heavy (non-hydrogen) atoms. The average molecular weight is 304 g/mol. The molecule has 0 bridgehead atoms. The molecule has 0 N–H and O–H groups in total. The number of carbonyl (C=O) groups is 1. The summed E-state index contributed by atoms with van der Waals surface area (Å²) in [5.74, 6) is -0.772. The van der Waals surface area contributed by atoms with E-state index in [0.717, 1.165) is 5.56 Å². The van der Waals surface area contributed by atoms with E-state index < -0.39 is 15.8 Å². The van der Waals surface area contributed by atoms with E-state index in [-0.39, 0.29) is 16.2 Å². The van der Waals surface area contributed by atoms with Gasteiger partial charge >= 0.3 is 5.97 Å². The second-order valence-corrected chi connectivity index (χ2v) is 6.71. The third-order valence-corrected chi connectivity index (χ3v) is 4.83. The molecule has 0 radical (unpaired) electrons. The molecule has 0 aromatic heterocycles. The van der Waals surface area contributed by atoms with Gasteiger partial charge in [0.15, 0.2) is 9.84 Å². The van der Waals surface area contributed by atoms with Crippen LogP contribution in [0.2, 0.25) is 0 Å². The number of carbonyl (C=O) groups excluding carboxylic acids is 1. The predicted octanol–water partition coefficient (Wildman–Crippen LogP) is 2.76. The van der Waals surface area contributed by atoms with Crippen LogP contribution in [0.5, 0.6) is 0 Å². The van der Waals surface area contributed by atoms with E-state index in [0.29, 0.717) is 5.56 Å². The first-order chi connectivity index (χ1) is 9.94. The maximum atomic E-state index is 12.4. The van der Waals surface area contributed by atoms with Gasteiger partial charge in [-0.1, -0.05) is 35.9 Å². The lowest BCUT2D eigenvalue weighted by atomic mass is 10.1. The van der Waals surface area contributed by atoms with E-state index in [1.54, 1.807) is 48.5 Å². The summed E-state index contributed by atoms with van der Waals surface area (Å²) in [5, 5.41) is 0. The largest absolute Gasteiger partial charge is 0.465 e. The maximum Gasteiger partial charge on any atom is 0.338 e. The van der Waals surface area contributed by atoms with Crippen molar-refractivity contribution in [2.75, 3.05) is 7.11 Å². The highest BCUT2D eigenvalue weighted by Gasteiger charge is 2.19. The Morgan fingerprint density at radius 1 is 1.05 bits per heavy atom. The van der Waals surface area contributed by atoms with Crippen molar-refractivity contribution in [3.63, 3.8) is 0 Å². The summed E-state index contributed by atoms with van der Waals surface area (Å²) in [6.07, 6.45) is 0. The fourth-order valence-corrected chi connectivity index (χ4v) is 3.37. The van der Waals surface area contributed by atoms with Gasteiger partial charge in [-0.05, 0) is 30.7 Å². The van der Waals surface area contributed by atoms with Gasteiger partial charge < -0.3 is 4.74 Å². The SMILES string of the molecule is COC(=O)c1ccccc1CS(=O)(=O)c1ccc(C)cc1. The van der Waals surface area contributed by atoms with Crippen LogP contribution in [0, 0.1) is 6.92 Å². The van der Waals surface area contributed by atoms with Gasteiger partial charge in [0.25, 0.3) is 0 Å². The molecule has 2 rings (SSSR count). The molecule has 0 unspecified atom stereocenters. The average Bonchev–Trinajstić information content (AvgIpc) is 2.47. The van der Waals surface area contributed by atoms with E-state index in [1.165, 1.54) is 7.11 Å². The molecule has 0 aliphatic carbocycles. The van der Waals surface area contributed by atoms with Crippen molar-refractivity contribution in [2.45, 2.75) is 17.6 Å². The molecule has 0 amide bonds. The van der Waals surface area contributed by atoms with Crippen LogP contribution in [0.1, 0.15) is 21.5 Å². The predicted molar refractivity (Wildman–Crippen MR) is 79.9 cm³/mol. The van der Waals surface area contributed by atoms with Crippen LogP contribution in [-0.2, 0) is 20.3 Å². The molecule has 0 aliphatic heterocycles. The third kappa shape index (κ3) is 3.49. The summed E-state index contributed by atoms with van der Waals surface area (Å²) >= 11 is 0. The van der Waals surface area contributed by atoms with Crippen molar-refractivity contribution in [3.8, 4) is 0 Å². The second kappa shape index (κ2) is 6.10. The zero-order chi connectivity index (χ0) is 15.5. The van der Waals surface area contributed by atoms with Crippen molar-refractivity contribution < 1.29 is 17.9 Å². The van der Waals surface area contributed by atoms with Crippen LogP contribution < -0.4 is 0 Å². The molecule has 0 aliphatic rings. The minimum atomic E-state index is -3.50. The normalized spacial score (nSPS) is 11.1. The molecule has 110 valence electrons. The maximum absolute atomic E-state index is 12.4. The van der Waals surface area contributed by atoms with Gasteiger partial charge in [0.1, 0.15) is 0 Å².